The highest BCUT2D eigenvalue weighted by Gasteiger charge is 2.31. The molecule has 3 aromatic carbocycles. The Hall–Kier alpha value is -2.13. The first-order valence-corrected chi connectivity index (χ1v) is 13.7. The van der Waals surface area contributed by atoms with Crippen molar-refractivity contribution in [1.82, 2.24) is 9.80 Å². The molecule has 1 heterocycles. The van der Waals surface area contributed by atoms with Gasteiger partial charge in [-0.2, -0.15) is 0 Å². The van der Waals surface area contributed by atoms with Crippen LogP contribution in [0.5, 0.6) is 0 Å². The predicted octanol–water partition coefficient (Wildman–Crippen LogP) is 4.37. The molecule has 0 aromatic heterocycles. The molecule has 0 radical (unpaired) electrons. The lowest BCUT2D eigenvalue weighted by atomic mass is 10.2. The van der Waals surface area contributed by atoms with Gasteiger partial charge in [-0.1, -0.05) is 77.8 Å². The van der Waals surface area contributed by atoms with Crippen LogP contribution in [0.15, 0.2) is 83.8 Å². The first-order chi connectivity index (χ1) is 16.8. The molecule has 4 rings (SSSR count). The number of para-hydroxylation sites is 1. The first-order valence-electron chi connectivity index (χ1n) is 11.5. The van der Waals surface area contributed by atoms with E-state index >= 15 is 0 Å². The van der Waals surface area contributed by atoms with Crippen LogP contribution in [0.1, 0.15) is 5.56 Å². The number of hydrogen-bond donors (Lipinski definition) is 1. The molecule has 1 atom stereocenters. The summed E-state index contributed by atoms with van der Waals surface area (Å²) in [6.07, 6.45) is -0.929. The molecule has 1 unspecified atom stereocenters. The van der Waals surface area contributed by atoms with E-state index in [1.165, 1.54) is 17.7 Å². The number of piperazine rings is 1. The minimum absolute atomic E-state index is 0.109. The maximum absolute atomic E-state index is 13.6. The standard InChI is InChI=1S/C26H29Cl2N3O3S/c27-24-12-7-13-25(28)26(24)31(35(33,34)23-10-5-2-6-11-23)20-22(32)19-30-16-14-29(15-17-30)18-21-8-3-1-4-9-21/h1-13,22,32H,14-20H2. The van der Waals surface area contributed by atoms with E-state index in [2.05, 4.69) is 21.9 Å². The molecular formula is C26H29Cl2N3O3S. The topological polar surface area (TPSA) is 64.1 Å². The summed E-state index contributed by atoms with van der Waals surface area (Å²) >= 11 is 12.8. The summed E-state index contributed by atoms with van der Waals surface area (Å²) in [6, 6.07) is 23.3. The van der Waals surface area contributed by atoms with Gasteiger partial charge in [0.25, 0.3) is 10.0 Å². The molecule has 0 spiro atoms. The monoisotopic (exact) mass is 533 g/mol. The summed E-state index contributed by atoms with van der Waals surface area (Å²) in [5.41, 5.74) is 1.45. The number of nitrogens with zero attached hydrogens (tertiary/aromatic N) is 3. The zero-order valence-corrected chi connectivity index (χ0v) is 21.6. The number of aliphatic hydroxyl groups is 1. The average Bonchev–Trinajstić information content (AvgIpc) is 2.85. The Bertz CT molecular complexity index is 1180. The van der Waals surface area contributed by atoms with Gasteiger partial charge in [0.1, 0.15) is 0 Å². The largest absolute Gasteiger partial charge is 0.390 e. The SMILES string of the molecule is O=S(=O)(c1ccccc1)N(CC(O)CN1CCN(Cc2ccccc2)CC1)c1c(Cl)cccc1Cl. The molecule has 0 bridgehead atoms. The van der Waals surface area contributed by atoms with E-state index in [4.69, 9.17) is 23.2 Å². The highest BCUT2D eigenvalue weighted by molar-refractivity contribution is 7.92. The molecule has 9 heteroatoms. The van der Waals surface area contributed by atoms with Gasteiger partial charge in [0.15, 0.2) is 0 Å². The fourth-order valence-corrected chi connectivity index (χ4v) is 6.54. The second-order valence-corrected chi connectivity index (χ2v) is 11.3. The smallest absolute Gasteiger partial charge is 0.264 e. The van der Waals surface area contributed by atoms with Crippen LogP contribution in [-0.2, 0) is 16.6 Å². The second-order valence-electron chi connectivity index (χ2n) is 8.64. The Morgan fingerprint density at radius 3 is 1.94 bits per heavy atom. The molecule has 35 heavy (non-hydrogen) atoms. The van der Waals surface area contributed by atoms with Crippen LogP contribution in [0, 0.1) is 0 Å². The predicted molar refractivity (Wildman–Crippen MR) is 142 cm³/mol. The number of rotatable bonds is 9. The molecule has 0 amide bonds. The van der Waals surface area contributed by atoms with Crippen LogP contribution in [0.25, 0.3) is 0 Å². The Balaban J connectivity index is 1.45. The molecule has 186 valence electrons. The van der Waals surface area contributed by atoms with Crippen molar-refractivity contribution in [1.29, 1.82) is 0 Å². The van der Waals surface area contributed by atoms with E-state index in [1.54, 1.807) is 36.4 Å². The van der Waals surface area contributed by atoms with Crippen LogP contribution in [0.3, 0.4) is 0 Å². The van der Waals surface area contributed by atoms with E-state index in [0.717, 1.165) is 37.0 Å². The Morgan fingerprint density at radius 2 is 1.34 bits per heavy atom. The Labute approximate surface area is 217 Å². The summed E-state index contributed by atoms with van der Waals surface area (Å²) in [5.74, 6) is 0. The number of halogens is 2. The van der Waals surface area contributed by atoms with Crippen molar-refractivity contribution < 1.29 is 13.5 Å². The molecule has 3 aromatic rings. The molecular weight excluding hydrogens is 505 g/mol. The quantitative estimate of drug-likeness (QED) is 0.442. The summed E-state index contributed by atoms with van der Waals surface area (Å²) in [5, 5.41) is 11.4. The Kier molecular flexibility index (Phi) is 8.70. The van der Waals surface area contributed by atoms with Crippen LogP contribution < -0.4 is 4.31 Å². The highest BCUT2D eigenvalue weighted by atomic mass is 35.5. The normalized spacial score (nSPS) is 16.2. The average molecular weight is 535 g/mol. The van der Waals surface area contributed by atoms with Crippen molar-refractivity contribution in [2.75, 3.05) is 43.6 Å². The minimum Gasteiger partial charge on any atom is -0.390 e. The minimum atomic E-state index is -4.00. The van der Waals surface area contributed by atoms with E-state index < -0.39 is 16.1 Å². The third-order valence-corrected chi connectivity index (χ3v) is 8.47. The molecule has 0 aliphatic carbocycles. The van der Waals surface area contributed by atoms with Gasteiger partial charge in [0.05, 0.1) is 33.3 Å². The van der Waals surface area contributed by atoms with Gasteiger partial charge in [-0.05, 0) is 29.8 Å². The van der Waals surface area contributed by atoms with E-state index in [9.17, 15) is 13.5 Å². The maximum atomic E-state index is 13.6. The van der Waals surface area contributed by atoms with E-state index in [0.29, 0.717) is 6.54 Å². The fourth-order valence-electron chi connectivity index (χ4n) is 4.28. The van der Waals surface area contributed by atoms with E-state index in [1.807, 2.05) is 18.2 Å². The van der Waals surface area contributed by atoms with Crippen molar-refractivity contribution in [3.8, 4) is 0 Å². The second kappa shape index (κ2) is 11.7. The third kappa shape index (κ3) is 6.55. The van der Waals surface area contributed by atoms with Gasteiger partial charge in [0, 0.05) is 39.3 Å². The lowest BCUT2D eigenvalue weighted by molar-refractivity contribution is 0.0743. The number of benzene rings is 3. The number of sulfonamides is 1. The van der Waals surface area contributed by atoms with Gasteiger partial charge in [-0.15, -0.1) is 0 Å². The lowest BCUT2D eigenvalue weighted by Gasteiger charge is -2.36. The van der Waals surface area contributed by atoms with Gasteiger partial charge in [-0.25, -0.2) is 8.42 Å². The first kappa shape index (κ1) is 25.9. The van der Waals surface area contributed by atoms with Crippen molar-refractivity contribution in [3.63, 3.8) is 0 Å². The van der Waals surface area contributed by atoms with Crippen molar-refractivity contribution >= 4 is 38.9 Å². The summed E-state index contributed by atoms with van der Waals surface area (Å²) in [4.78, 5) is 4.65. The number of β-amino-alcohol motifs (C(OH)–C–C–N with tert-alkyl or cyclic N) is 1. The number of anilines is 1. The Morgan fingerprint density at radius 1 is 0.800 bits per heavy atom. The zero-order chi connectivity index (χ0) is 24.8. The lowest BCUT2D eigenvalue weighted by Crippen LogP contribution is -2.50. The molecule has 6 nitrogen and oxygen atoms in total. The molecule has 1 aliphatic heterocycles. The number of aliphatic hydroxyl groups excluding tert-OH is 1. The van der Waals surface area contributed by atoms with Crippen LogP contribution in [0.2, 0.25) is 10.0 Å². The number of hydrogen-bond acceptors (Lipinski definition) is 5. The zero-order valence-electron chi connectivity index (χ0n) is 19.3. The third-order valence-electron chi connectivity index (χ3n) is 6.08. The van der Waals surface area contributed by atoms with Crippen LogP contribution >= 0.6 is 23.2 Å². The summed E-state index contributed by atoms with van der Waals surface area (Å²) in [7, 11) is -4.00. The van der Waals surface area contributed by atoms with Crippen LogP contribution in [0.4, 0.5) is 5.69 Å². The highest BCUT2D eigenvalue weighted by Crippen LogP contribution is 2.37. The fraction of sp³-hybridized carbons (Fsp3) is 0.308. The van der Waals surface area contributed by atoms with Crippen LogP contribution in [-0.4, -0.2) is 68.7 Å². The summed E-state index contributed by atoms with van der Waals surface area (Å²) < 4.78 is 28.2. The molecule has 0 saturated carbocycles. The summed E-state index contributed by atoms with van der Waals surface area (Å²) in [6.45, 7) is 4.43. The van der Waals surface area contributed by atoms with Gasteiger partial charge < -0.3 is 5.11 Å². The molecule has 1 aliphatic rings. The van der Waals surface area contributed by atoms with Gasteiger partial charge in [-0.3, -0.25) is 14.1 Å². The van der Waals surface area contributed by atoms with Crippen molar-refractivity contribution in [3.05, 3.63) is 94.5 Å². The van der Waals surface area contributed by atoms with E-state index in [-0.39, 0.29) is 27.2 Å². The molecule has 1 fully saturated rings. The van der Waals surface area contributed by atoms with Gasteiger partial charge in [0.2, 0.25) is 0 Å². The van der Waals surface area contributed by atoms with Crippen molar-refractivity contribution in [2.24, 2.45) is 0 Å². The molecule has 1 N–H and O–H groups in total. The van der Waals surface area contributed by atoms with Gasteiger partial charge >= 0.3 is 0 Å². The maximum Gasteiger partial charge on any atom is 0.264 e. The van der Waals surface area contributed by atoms with Crippen molar-refractivity contribution in [2.45, 2.75) is 17.5 Å². The molecule has 1 saturated heterocycles.